The topological polar surface area (TPSA) is 218 Å². The van der Waals surface area contributed by atoms with Crippen molar-refractivity contribution in [3.8, 4) is 34.5 Å². The smallest absolute Gasteiger partial charge is 0.139 e. The highest BCUT2D eigenvalue weighted by atomic mass is 16.3. The molecule has 8 fully saturated rings. The van der Waals surface area contributed by atoms with E-state index in [0.717, 1.165) is 195 Å². The maximum atomic E-state index is 10.3. The quantitative estimate of drug-likeness (QED) is 0.0670. The summed E-state index contributed by atoms with van der Waals surface area (Å²) in [7, 11) is 0. The Morgan fingerprint density at radius 3 is 1.09 bits per heavy atom. The van der Waals surface area contributed by atoms with E-state index in [2.05, 4.69) is 101 Å². The highest BCUT2D eigenvalue weighted by Gasteiger charge is 2.38. The number of hydrogen-bond acceptors (Lipinski definition) is 18. The summed E-state index contributed by atoms with van der Waals surface area (Å²) in [5, 5.41) is 66.9. The molecule has 8 atom stereocenters. The summed E-state index contributed by atoms with van der Waals surface area (Å²) in [6.45, 7) is 26.0. The lowest BCUT2D eigenvalue weighted by Crippen LogP contribution is -2.37. The summed E-state index contributed by atoms with van der Waals surface area (Å²) in [4.78, 5) is 42.4. The van der Waals surface area contributed by atoms with Gasteiger partial charge in [0.25, 0.3) is 0 Å². The first-order valence-electron chi connectivity index (χ1n) is 43.2. The second kappa shape index (κ2) is 37.3. The van der Waals surface area contributed by atoms with Gasteiger partial charge in [-0.3, -0.25) is 29.4 Å². The number of nitrogens with zero attached hydrogens (tertiary/aromatic N) is 12. The van der Waals surface area contributed by atoms with Crippen molar-refractivity contribution in [3.63, 3.8) is 0 Å². The van der Waals surface area contributed by atoms with Crippen molar-refractivity contribution in [1.82, 2.24) is 59.3 Å². The summed E-state index contributed by atoms with van der Waals surface area (Å²) in [5.41, 5.74) is 10.8. The first kappa shape index (κ1) is 81.5. The van der Waals surface area contributed by atoms with E-state index >= 15 is 0 Å². The van der Waals surface area contributed by atoms with E-state index in [1.54, 1.807) is 0 Å². The molecule has 18 heteroatoms. The highest BCUT2D eigenvalue weighted by molar-refractivity contribution is 5.84. The molecule has 0 radical (unpaired) electrons. The van der Waals surface area contributed by atoms with E-state index in [0.29, 0.717) is 58.7 Å². The van der Waals surface area contributed by atoms with Gasteiger partial charge in [-0.25, -0.2) is 29.9 Å². The Hall–Kier alpha value is -9.66. The number of pyridine rings is 6. The molecule has 8 unspecified atom stereocenters. The molecule has 20 rings (SSSR count). The lowest BCUT2D eigenvalue weighted by atomic mass is 9.85. The molecule has 6 saturated heterocycles. The Labute approximate surface area is 684 Å². The maximum Gasteiger partial charge on any atom is 0.139 e. The Kier molecular flexibility index (Phi) is 26.2. The molecule has 6 aromatic heterocycles. The largest absolute Gasteiger partial charge is 0.506 e. The minimum absolute atomic E-state index is 0.208. The number of para-hydroxylation sites is 6. The third kappa shape index (κ3) is 19.9. The van der Waals surface area contributed by atoms with Crippen LogP contribution in [0.3, 0.4) is 0 Å². The minimum Gasteiger partial charge on any atom is -0.506 e. The molecular formula is C98H120N12O6. The molecular weight excluding hydrogens is 1440 g/mol. The molecule has 0 bridgehead atoms. The van der Waals surface area contributed by atoms with Crippen LogP contribution in [-0.4, -0.2) is 165 Å². The van der Waals surface area contributed by atoms with Crippen LogP contribution in [0.15, 0.2) is 182 Å². The molecule has 12 heterocycles. The van der Waals surface area contributed by atoms with E-state index in [1.165, 1.54) is 116 Å². The van der Waals surface area contributed by atoms with Gasteiger partial charge in [0.1, 0.15) is 34.5 Å². The zero-order valence-electron chi connectivity index (χ0n) is 69.0. The fourth-order valence-electron chi connectivity index (χ4n) is 19.5. The van der Waals surface area contributed by atoms with Gasteiger partial charge in [0, 0.05) is 121 Å². The first-order chi connectivity index (χ1) is 56.3. The molecule has 6 aliphatic heterocycles. The average molecular weight is 1560 g/mol. The lowest BCUT2D eigenvalue weighted by Gasteiger charge is -2.33. The molecule has 6 aromatic carbocycles. The van der Waals surface area contributed by atoms with Crippen LogP contribution in [0.5, 0.6) is 34.5 Å². The molecule has 0 spiro atoms. The SMILES string of the molecule is CC1(C)CCCN1Cc1nc2ccccc2cc1O.CC1CCC(C)N1Cc1nc2ccccc2cc1O.CC1CCCCN1Cc1nc2ccccc2cc1O.CC1CCN(Cc2nc3ccccc3cc2O)C1.Oc1cc2ccccc2nc1CN1CC2CCCC2C1.Oc1cc2ccccc2nc1CN1CCC2CCCCC21. The van der Waals surface area contributed by atoms with Gasteiger partial charge in [-0.2, -0.15) is 0 Å². The molecule has 12 aromatic rings. The zero-order chi connectivity index (χ0) is 80.4. The van der Waals surface area contributed by atoms with Gasteiger partial charge in [-0.15, -0.1) is 0 Å². The van der Waals surface area contributed by atoms with Gasteiger partial charge < -0.3 is 30.6 Å². The fraction of sp³-hybridized carbons (Fsp3) is 0.449. The number of aromatic nitrogens is 6. The predicted molar refractivity (Wildman–Crippen MR) is 468 cm³/mol. The van der Waals surface area contributed by atoms with E-state index in [-0.39, 0.29) is 5.54 Å². The standard InChI is InChI=1S/C18H22N2O.C17H20N2O.3C16H20N2O.C15H18N2O/c21-18-11-14-6-1-3-7-15(14)19-16(18)12-20-10-9-13-5-2-4-8-17(13)20;20-17-8-12-4-1-2-7-15(12)18-16(17)11-19-9-13-5-3-6-14(13)10-19;1-16(2)8-5-9-18(16)11-14-15(19)10-12-6-3-4-7-13(12)17-14;1-11-7-8-12(2)18(11)10-15-16(19)9-13-5-3-4-6-14(13)17-15;1-12-6-4-5-9-18(12)11-15-16(19)10-13-7-2-3-8-14(13)17-15;1-11-6-7-17(9-11)10-14-15(18)8-12-4-2-3-5-13(12)16-14/h1,3,6-7,11,13,17,21H,2,4-5,8-10,12H2;1-2,4,7-8,13-14,20H,3,5-6,9-11H2;3-4,6-7,10,19H,5,8-9,11H2,1-2H3;3-6,9,11-12,19H,7-8,10H2,1-2H3;2-3,7-8,10,12,19H,4-6,9,11H2,1H3;2-5,8,11,18H,6-7,9-10H2,1H3. The number of aromatic hydroxyl groups is 6. The Morgan fingerprint density at radius 1 is 0.310 bits per heavy atom. The monoisotopic (exact) mass is 1560 g/mol. The van der Waals surface area contributed by atoms with Crippen LogP contribution in [-0.2, 0) is 39.3 Å². The molecule has 6 N–H and O–H groups in total. The summed E-state index contributed by atoms with van der Waals surface area (Å²) in [6.07, 6.45) is 20.9. The fourth-order valence-corrected chi connectivity index (χ4v) is 19.5. The van der Waals surface area contributed by atoms with Gasteiger partial charge in [-0.05, 0) is 234 Å². The van der Waals surface area contributed by atoms with Crippen molar-refractivity contribution in [3.05, 3.63) is 216 Å². The molecule has 116 heavy (non-hydrogen) atoms. The van der Waals surface area contributed by atoms with Crippen molar-refractivity contribution in [2.24, 2.45) is 23.7 Å². The molecule has 18 nitrogen and oxygen atoms in total. The van der Waals surface area contributed by atoms with Crippen LogP contribution in [0, 0.1) is 23.7 Å². The van der Waals surface area contributed by atoms with Crippen LogP contribution in [0.4, 0.5) is 0 Å². The van der Waals surface area contributed by atoms with Gasteiger partial charge in [0.2, 0.25) is 0 Å². The molecule has 8 aliphatic rings. The summed E-state index contributed by atoms with van der Waals surface area (Å²) >= 11 is 0. The van der Waals surface area contributed by atoms with Gasteiger partial charge in [-0.1, -0.05) is 142 Å². The van der Waals surface area contributed by atoms with Crippen LogP contribution in [0.25, 0.3) is 65.4 Å². The highest BCUT2D eigenvalue weighted by Crippen LogP contribution is 2.41. The first-order valence-corrected chi connectivity index (χ1v) is 43.2. The Morgan fingerprint density at radius 2 is 0.681 bits per heavy atom. The van der Waals surface area contributed by atoms with Crippen LogP contribution < -0.4 is 0 Å². The van der Waals surface area contributed by atoms with Crippen LogP contribution in [0.2, 0.25) is 0 Å². The lowest BCUT2D eigenvalue weighted by molar-refractivity contribution is 0.149. The molecule has 2 saturated carbocycles. The third-order valence-corrected chi connectivity index (χ3v) is 26.4. The van der Waals surface area contributed by atoms with Crippen LogP contribution in [0.1, 0.15) is 178 Å². The second-order valence-electron chi connectivity index (χ2n) is 35.1. The van der Waals surface area contributed by atoms with Crippen LogP contribution >= 0.6 is 0 Å². The summed E-state index contributed by atoms with van der Waals surface area (Å²) < 4.78 is 0. The number of benzene rings is 6. The summed E-state index contributed by atoms with van der Waals surface area (Å²) in [6, 6.07) is 61.1. The predicted octanol–water partition coefficient (Wildman–Crippen LogP) is 19.6. The average Bonchev–Trinajstić information content (AvgIpc) is 1.53. The van der Waals surface area contributed by atoms with Gasteiger partial charge in [0.05, 0.1) is 67.3 Å². The van der Waals surface area contributed by atoms with Gasteiger partial charge in [0.15, 0.2) is 0 Å². The van der Waals surface area contributed by atoms with Crippen molar-refractivity contribution < 1.29 is 30.6 Å². The minimum atomic E-state index is 0.208. The normalized spacial score (nSPS) is 22.9. The zero-order valence-corrected chi connectivity index (χ0v) is 69.0. The van der Waals surface area contributed by atoms with E-state index in [4.69, 9.17) is 0 Å². The molecule has 608 valence electrons. The molecule has 2 aliphatic carbocycles. The number of rotatable bonds is 12. The number of fused-ring (bicyclic) bond motifs is 8. The van der Waals surface area contributed by atoms with E-state index in [9.17, 15) is 30.6 Å². The number of hydrogen-bond donors (Lipinski definition) is 6. The summed E-state index contributed by atoms with van der Waals surface area (Å²) in [5.74, 6) is 5.33. The van der Waals surface area contributed by atoms with Crippen molar-refractivity contribution in [1.29, 1.82) is 0 Å². The Balaban J connectivity index is 0.000000109. The van der Waals surface area contributed by atoms with Crippen molar-refractivity contribution in [2.45, 2.75) is 213 Å². The maximum absolute atomic E-state index is 10.3. The third-order valence-electron chi connectivity index (χ3n) is 26.4. The van der Waals surface area contributed by atoms with Gasteiger partial charge >= 0.3 is 0 Å². The number of likely N-dealkylation sites (tertiary alicyclic amines) is 6. The molecule has 0 amide bonds. The second-order valence-corrected chi connectivity index (χ2v) is 35.1. The number of piperidine rings is 1. The van der Waals surface area contributed by atoms with E-state index < -0.39 is 0 Å². The van der Waals surface area contributed by atoms with Crippen molar-refractivity contribution >= 4 is 65.4 Å². The van der Waals surface area contributed by atoms with E-state index in [1.807, 2.05) is 182 Å². The Bertz CT molecular complexity index is 5230. The van der Waals surface area contributed by atoms with Crippen molar-refractivity contribution in [2.75, 3.05) is 45.8 Å².